The van der Waals surface area contributed by atoms with Gasteiger partial charge in [0.1, 0.15) is 0 Å². The van der Waals surface area contributed by atoms with Crippen LogP contribution >= 0.6 is 11.8 Å². The minimum Gasteiger partial charge on any atom is -0.252 e. The molecule has 0 saturated heterocycles. The van der Waals surface area contributed by atoms with Gasteiger partial charge in [0.2, 0.25) is 0 Å². The molecule has 5 aromatic rings. The van der Waals surface area contributed by atoms with E-state index in [0.29, 0.717) is 5.82 Å². The van der Waals surface area contributed by atoms with Gasteiger partial charge < -0.3 is 0 Å². The number of aromatic nitrogens is 5. The number of rotatable bonds is 6. The molecule has 0 unspecified atom stereocenters. The summed E-state index contributed by atoms with van der Waals surface area (Å²) in [6.07, 6.45) is 0.859. The lowest BCUT2D eigenvalue weighted by Gasteiger charge is -2.07. The predicted molar refractivity (Wildman–Crippen MR) is 120 cm³/mol. The summed E-state index contributed by atoms with van der Waals surface area (Å²) in [6.45, 7) is 0. The summed E-state index contributed by atoms with van der Waals surface area (Å²) < 4.78 is 0. The van der Waals surface area contributed by atoms with Crippen molar-refractivity contribution in [2.24, 2.45) is 0 Å². The second kappa shape index (κ2) is 8.47. The van der Waals surface area contributed by atoms with E-state index in [0.717, 1.165) is 28.9 Å². The van der Waals surface area contributed by atoms with Gasteiger partial charge in [-0.2, -0.15) is 0 Å². The van der Waals surface area contributed by atoms with Crippen molar-refractivity contribution in [3.63, 3.8) is 0 Å². The van der Waals surface area contributed by atoms with Crippen LogP contribution in [0.5, 0.6) is 0 Å². The number of thioether (sulfide) groups is 1. The number of H-pyrrole nitrogens is 1. The average molecular weight is 410 g/mol. The molecule has 0 spiro atoms. The fraction of sp³-hybridized carbons (Fsp3) is 0.0833. The number of hydrogen-bond acceptors (Lipinski definition) is 5. The fourth-order valence-electron chi connectivity index (χ4n) is 3.44. The van der Waals surface area contributed by atoms with Gasteiger partial charge in [-0.3, -0.25) is 4.98 Å². The van der Waals surface area contributed by atoms with Crippen LogP contribution in [0.25, 0.3) is 22.3 Å². The second-order valence-corrected chi connectivity index (χ2v) is 8.11. The summed E-state index contributed by atoms with van der Waals surface area (Å²) in [4.78, 5) is 6.02. The number of benzene rings is 3. The predicted octanol–water partition coefficient (Wildman–Crippen LogP) is 5.30. The molecule has 0 amide bonds. The van der Waals surface area contributed by atoms with E-state index in [-0.39, 0.29) is 0 Å². The van der Waals surface area contributed by atoms with Crippen molar-refractivity contribution >= 4 is 22.7 Å². The molecular formula is C24H19N5S. The minimum atomic E-state index is 0.684. The largest absolute Gasteiger partial charge is 0.252 e. The van der Waals surface area contributed by atoms with E-state index < -0.39 is 0 Å². The molecular weight excluding hydrogens is 390 g/mol. The fourth-order valence-corrected chi connectivity index (χ4v) is 4.32. The molecule has 5 nitrogen and oxygen atoms in total. The third kappa shape index (κ3) is 4.23. The molecule has 0 saturated carbocycles. The summed E-state index contributed by atoms with van der Waals surface area (Å²) in [5, 5.41) is 15.3. The zero-order valence-electron chi connectivity index (χ0n) is 16.2. The molecule has 0 aliphatic heterocycles. The third-order valence-electron chi connectivity index (χ3n) is 4.90. The lowest BCUT2D eigenvalue weighted by atomic mass is 10.0. The van der Waals surface area contributed by atoms with E-state index in [1.807, 2.05) is 36.0 Å². The third-order valence-corrected chi connectivity index (χ3v) is 5.92. The van der Waals surface area contributed by atoms with Crippen LogP contribution in [0.3, 0.4) is 0 Å². The molecule has 0 aliphatic rings. The molecule has 0 fully saturated rings. The van der Waals surface area contributed by atoms with Crippen LogP contribution in [0.15, 0.2) is 89.8 Å². The standard InChI is InChI=1S/C24H19N5S/c1-2-10-23-19(7-1)11-12-21(25-23)16-30-22-9-4-6-18(15-22)13-17-5-3-8-20(14-17)24-26-28-29-27-24/h1-12,14-15H,13,16H2,(H,26,27,28,29). The Morgan fingerprint density at radius 1 is 0.800 bits per heavy atom. The summed E-state index contributed by atoms with van der Waals surface area (Å²) in [5.41, 5.74) is 5.63. The zero-order valence-corrected chi connectivity index (χ0v) is 17.0. The molecule has 0 atom stereocenters. The van der Waals surface area contributed by atoms with Crippen molar-refractivity contribution in [1.29, 1.82) is 0 Å². The van der Waals surface area contributed by atoms with Crippen LogP contribution in [0.2, 0.25) is 0 Å². The maximum atomic E-state index is 4.77. The maximum absolute atomic E-state index is 4.77. The first-order chi connectivity index (χ1) is 14.8. The first-order valence-corrected chi connectivity index (χ1v) is 10.7. The molecule has 2 heterocycles. The molecule has 30 heavy (non-hydrogen) atoms. The monoisotopic (exact) mass is 409 g/mol. The van der Waals surface area contributed by atoms with Crippen LogP contribution < -0.4 is 0 Å². The first-order valence-electron chi connectivity index (χ1n) is 9.73. The highest BCUT2D eigenvalue weighted by Gasteiger charge is 2.05. The smallest absolute Gasteiger partial charge is 0.179 e. The molecule has 5 rings (SSSR count). The highest BCUT2D eigenvalue weighted by atomic mass is 32.2. The normalized spacial score (nSPS) is 11.1. The minimum absolute atomic E-state index is 0.684. The van der Waals surface area contributed by atoms with Crippen molar-refractivity contribution in [3.8, 4) is 11.4 Å². The van der Waals surface area contributed by atoms with Gasteiger partial charge in [-0.1, -0.05) is 54.6 Å². The second-order valence-electron chi connectivity index (χ2n) is 7.06. The van der Waals surface area contributed by atoms with E-state index in [4.69, 9.17) is 4.98 Å². The van der Waals surface area contributed by atoms with E-state index >= 15 is 0 Å². The van der Waals surface area contributed by atoms with Crippen molar-refractivity contribution in [2.45, 2.75) is 17.1 Å². The van der Waals surface area contributed by atoms with Crippen molar-refractivity contribution < 1.29 is 0 Å². The Morgan fingerprint density at radius 2 is 1.67 bits per heavy atom. The highest BCUT2D eigenvalue weighted by molar-refractivity contribution is 7.98. The van der Waals surface area contributed by atoms with E-state index in [2.05, 4.69) is 81.3 Å². The number of nitrogens with zero attached hydrogens (tertiary/aromatic N) is 4. The number of para-hydroxylation sites is 1. The Balaban J connectivity index is 1.29. The number of fused-ring (bicyclic) bond motifs is 1. The number of hydrogen-bond donors (Lipinski definition) is 1. The lowest BCUT2D eigenvalue weighted by molar-refractivity contribution is 0.881. The number of aromatic amines is 1. The van der Waals surface area contributed by atoms with Gasteiger partial charge in [0.25, 0.3) is 0 Å². The Labute approximate surface area is 178 Å². The maximum Gasteiger partial charge on any atom is 0.179 e. The summed E-state index contributed by atoms with van der Waals surface area (Å²) in [7, 11) is 0. The first kappa shape index (κ1) is 18.5. The molecule has 3 aromatic carbocycles. The highest BCUT2D eigenvalue weighted by Crippen LogP contribution is 2.25. The van der Waals surface area contributed by atoms with Crippen LogP contribution in [-0.2, 0) is 12.2 Å². The molecule has 0 bridgehead atoms. The van der Waals surface area contributed by atoms with Gasteiger partial charge in [-0.15, -0.1) is 16.9 Å². The molecule has 2 aromatic heterocycles. The number of nitrogens with one attached hydrogen (secondary N) is 1. The Bertz CT molecular complexity index is 1280. The molecule has 146 valence electrons. The summed E-state index contributed by atoms with van der Waals surface area (Å²) >= 11 is 1.81. The van der Waals surface area contributed by atoms with Crippen molar-refractivity contribution in [3.05, 3.63) is 102 Å². The average Bonchev–Trinajstić information content (AvgIpc) is 3.33. The molecule has 6 heteroatoms. The molecule has 0 aliphatic carbocycles. The van der Waals surface area contributed by atoms with Crippen molar-refractivity contribution in [2.75, 3.05) is 0 Å². The Morgan fingerprint density at radius 3 is 2.57 bits per heavy atom. The number of pyridine rings is 1. The van der Waals surface area contributed by atoms with Gasteiger partial charge in [0.05, 0.1) is 11.2 Å². The van der Waals surface area contributed by atoms with E-state index in [9.17, 15) is 0 Å². The summed E-state index contributed by atoms with van der Waals surface area (Å²) in [5.74, 6) is 1.53. The van der Waals surface area contributed by atoms with Gasteiger partial charge in [0.15, 0.2) is 5.82 Å². The van der Waals surface area contributed by atoms with Gasteiger partial charge in [0, 0.05) is 21.6 Å². The quantitative estimate of drug-likeness (QED) is 0.386. The Hall–Kier alpha value is -3.51. The van der Waals surface area contributed by atoms with Gasteiger partial charge in [-0.25, -0.2) is 5.10 Å². The topological polar surface area (TPSA) is 67.3 Å². The van der Waals surface area contributed by atoms with Gasteiger partial charge in [-0.05, 0) is 58.3 Å². The van der Waals surface area contributed by atoms with Crippen LogP contribution in [-0.4, -0.2) is 25.6 Å². The van der Waals surface area contributed by atoms with Crippen molar-refractivity contribution in [1.82, 2.24) is 25.6 Å². The SMILES string of the molecule is c1cc(Cc2cccc(-c3nnn[nH]3)c2)cc(SCc2ccc3ccccc3n2)c1. The Kier molecular flexibility index (Phi) is 5.23. The summed E-state index contributed by atoms with van der Waals surface area (Å²) in [6, 6.07) is 29.5. The molecule has 1 N–H and O–H groups in total. The van der Waals surface area contributed by atoms with E-state index in [1.165, 1.54) is 21.4 Å². The number of tetrazole rings is 1. The van der Waals surface area contributed by atoms with Crippen LogP contribution in [0.1, 0.15) is 16.8 Å². The van der Waals surface area contributed by atoms with Crippen LogP contribution in [0.4, 0.5) is 0 Å². The lowest BCUT2D eigenvalue weighted by Crippen LogP contribution is -1.91. The van der Waals surface area contributed by atoms with Gasteiger partial charge >= 0.3 is 0 Å². The molecule has 0 radical (unpaired) electrons. The van der Waals surface area contributed by atoms with E-state index in [1.54, 1.807) is 0 Å². The zero-order chi connectivity index (χ0) is 20.2. The van der Waals surface area contributed by atoms with Crippen LogP contribution in [0, 0.1) is 0 Å².